The highest BCUT2D eigenvalue weighted by molar-refractivity contribution is 5.80. The fourth-order valence-corrected chi connectivity index (χ4v) is 9.54. The van der Waals surface area contributed by atoms with E-state index in [2.05, 4.69) is 99.0 Å². The van der Waals surface area contributed by atoms with E-state index in [1.165, 1.54) is 103 Å². The predicted octanol–water partition coefficient (Wildman–Crippen LogP) is 15.3. The van der Waals surface area contributed by atoms with Crippen LogP contribution in [0.2, 0.25) is 0 Å². The molecule has 8 atom stereocenters. The summed E-state index contributed by atoms with van der Waals surface area (Å²) >= 11 is 0. The Bertz CT molecular complexity index is 1590. The van der Waals surface area contributed by atoms with Crippen molar-refractivity contribution in [2.45, 2.75) is 314 Å². The lowest BCUT2D eigenvalue weighted by molar-refractivity contribution is -0.305. The zero-order chi connectivity index (χ0) is 56.8. The third-order valence-electron chi connectivity index (χ3n) is 14.6. The third-order valence-corrected chi connectivity index (χ3v) is 14.6. The van der Waals surface area contributed by atoms with Crippen molar-refractivity contribution in [2.24, 2.45) is 0 Å². The molecule has 1 amide bonds. The van der Waals surface area contributed by atoms with Crippen molar-refractivity contribution in [2.75, 3.05) is 13.2 Å². The molecule has 0 aromatic rings. The molecular formula is C67H117NO10. The number of nitrogens with one attached hydrogen (secondary N) is 1. The maximum atomic E-state index is 13.4. The van der Waals surface area contributed by atoms with Gasteiger partial charge in [-0.3, -0.25) is 9.59 Å². The van der Waals surface area contributed by atoms with Crippen LogP contribution in [0.1, 0.15) is 265 Å². The second kappa shape index (κ2) is 54.4. The Morgan fingerprint density at radius 2 is 0.923 bits per heavy atom. The van der Waals surface area contributed by atoms with Crippen LogP contribution in [0.4, 0.5) is 0 Å². The van der Waals surface area contributed by atoms with Gasteiger partial charge in [0.2, 0.25) is 5.91 Å². The van der Waals surface area contributed by atoms with Crippen molar-refractivity contribution in [3.8, 4) is 0 Å². The normalized spacial score (nSPS) is 19.5. The molecule has 1 saturated heterocycles. The molecule has 0 saturated carbocycles. The molecule has 1 fully saturated rings. The fourth-order valence-electron chi connectivity index (χ4n) is 9.54. The van der Waals surface area contributed by atoms with Gasteiger partial charge < -0.3 is 45.1 Å². The first-order valence-electron chi connectivity index (χ1n) is 31.9. The van der Waals surface area contributed by atoms with Crippen LogP contribution in [0.3, 0.4) is 0 Å². The van der Waals surface area contributed by atoms with Crippen molar-refractivity contribution in [1.82, 2.24) is 5.32 Å². The molecule has 450 valence electrons. The van der Waals surface area contributed by atoms with Crippen molar-refractivity contribution < 1.29 is 49.3 Å². The van der Waals surface area contributed by atoms with Crippen molar-refractivity contribution in [3.05, 3.63) is 85.1 Å². The number of ether oxygens (including phenoxy) is 3. The quantitative estimate of drug-likeness (QED) is 0.0195. The maximum absolute atomic E-state index is 13.4. The van der Waals surface area contributed by atoms with E-state index in [-0.39, 0.29) is 19.4 Å². The van der Waals surface area contributed by atoms with Gasteiger partial charge in [-0.05, 0) is 77.0 Å². The monoisotopic (exact) mass is 1100 g/mol. The summed E-state index contributed by atoms with van der Waals surface area (Å²) in [5.41, 5.74) is 0. The number of esters is 1. The largest absolute Gasteiger partial charge is 0.454 e. The molecular weight excluding hydrogens is 979 g/mol. The van der Waals surface area contributed by atoms with Gasteiger partial charge in [-0.1, -0.05) is 266 Å². The molecule has 0 radical (unpaired) electrons. The summed E-state index contributed by atoms with van der Waals surface area (Å²) in [7, 11) is 0. The lowest BCUT2D eigenvalue weighted by atomic mass is 9.99. The topological polar surface area (TPSA) is 175 Å². The van der Waals surface area contributed by atoms with Gasteiger partial charge in [0, 0.05) is 6.42 Å². The molecule has 6 N–H and O–H groups in total. The van der Waals surface area contributed by atoms with Crippen LogP contribution in [0.5, 0.6) is 0 Å². The SMILES string of the molecule is CC/C=C\C/C=C\C/C=C\C/C=C\C/C=C\C/C=C\CCCCCCCCCC(O)C(=O)NC(COC1OC(CO)C(O)C(O)C1OC(=O)CCCCCCCCCCCCC)C(O)/C=C/CCCCCCCCCCCC. The van der Waals surface area contributed by atoms with Crippen LogP contribution in [-0.4, -0.2) is 99.6 Å². The lowest BCUT2D eigenvalue weighted by Crippen LogP contribution is -2.61. The smallest absolute Gasteiger partial charge is 0.306 e. The average Bonchev–Trinajstić information content (AvgIpc) is 3.44. The van der Waals surface area contributed by atoms with Crippen LogP contribution in [0.15, 0.2) is 85.1 Å². The summed E-state index contributed by atoms with van der Waals surface area (Å²) in [5.74, 6) is -1.20. The number of carbonyl (C=O) groups is 2. The van der Waals surface area contributed by atoms with E-state index < -0.39 is 67.4 Å². The summed E-state index contributed by atoms with van der Waals surface area (Å²) in [4.78, 5) is 26.5. The molecule has 0 aromatic carbocycles. The standard InChI is InChI=1S/C67H117NO10/c1-4-7-10-13-16-19-22-24-25-26-27-28-29-30-31-32-33-34-35-36-37-40-42-45-48-51-54-60(71)66(75)68-58(59(70)53-50-47-44-41-39-23-20-17-14-11-8-5-2)57-76-67-65(64(74)63(73)61(56-69)77-67)78-62(72)55-52-49-46-43-38-21-18-15-12-9-6-3/h7,10,16,19,24-25,27-28,30-31,33-34,50,53,58-61,63-65,67,69-71,73-74H,4-6,8-9,11-15,17-18,20-23,26,29,32,35-49,51-52,54-57H2,1-3H3,(H,68,75)/b10-7-,19-16-,25-24-,28-27-,31-30-,34-33-,53-50+. The van der Waals surface area contributed by atoms with Crippen LogP contribution >= 0.6 is 0 Å². The highest BCUT2D eigenvalue weighted by Gasteiger charge is 2.47. The Hall–Kier alpha value is -3.16. The zero-order valence-electron chi connectivity index (χ0n) is 49.8. The van der Waals surface area contributed by atoms with Crippen LogP contribution in [0.25, 0.3) is 0 Å². The average molecular weight is 1100 g/mol. The molecule has 1 aliphatic rings. The molecule has 1 heterocycles. The molecule has 11 nitrogen and oxygen atoms in total. The van der Waals surface area contributed by atoms with E-state index in [0.29, 0.717) is 12.8 Å². The van der Waals surface area contributed by atoms with Gasteiger partial charge in [0.1, 0.15) is 24.4 Å². The van der Waals surface area contributed by atoms with Gasteiger partial charge in [0.05, 0.1) is 25.4 Å². The molecule has 11 heteroatoms. The maximum Gasteiger partial charge on any atom is 0.306 e. The van der Waals surface area contributed by atoms with Gasteiger partial charge in [-0.25, -0.2) is 0 Å². The lowest BCUT2D eigenvalue weighted by Gasteiger charge is -2.41. The van der Waals surface area contributed by atoms with Crippen molar-refractivity contribution >= 4 is 11.9 Å². The van der Waals surface area contributed by atoms with Gasteiger partial charge in [-0.2, -0.15) is 0 Å². The highest BCUT2D eigenvalue weighted by Crippen LogP contribution is 2.26. The van der Waals surface area contributed by atoms with E-state index in [9.17, 15) is 35.1 Å². The molecule has 8 unspecified atom stereocenters. The van der Waals surface area contributed by atoms with E-state index in [1.54, 1.807) is 6.08 Å². The molecule has 0 aliphatic carbocycles. The molecule has 1 aliphatic heterocycles. The number of allylic oxidation sites excluding steroid dienone is 13. The number of unbranched alkanes of at least 4 members (excludes halogenated alkanes) is 27. The fraction of sp³-hybridized carbons (Fsp3) is 0.761. The van der Waals surface area contributed by atoms with Crippen LogP contribution < -0.4 is 5.32 Å². The summed E-state index contributed by atoms with van der Waals surface area (Å²) in [5, 5.41) is 56.9. The minimum Gasteiger partial charge on any atom is -0.454 e. The highest BCUT2D eigenvalue weighted by atomic mass is 16.7. The van der Waals surface area contributed by atoms with Crippen LogP contribution in [0, 0.1) is 0 Å². The summed E-state index contributed by atoms with van der Waals surface area (Å²) in [6.07, 6.45) is 60.6. The Kier molecular flexibility index (Phi) is 50.8. The molecule has 0 spiro atoms. The molecule has 78 heavy (non-hydrogen) atoms. The molecule has 1 rings (SSSR count). The van der Waals surface area contributed by atoms with Gasteiger partial charge >= 0.3 is 5.97 Å². The molecule has 0 aromatic heterocycles. The van der Waals surface area contributed by atoms with E-state index in [0.717, 1.165) is 116 Å². The van der Waals surface area contributed by atoms with Crippen molar-refractivity contribution in [3.63, 3.8) is 0 Å². The second-order valence-corrected chi connectivity index (χ2v) is 21.8. The second-order valence-electron chi connectivity index (χ2n) is 21.8. The Morgan fingerprint density at radius 1 is 0.513 bits per heavy atom. The van der Waals surface area contributed by atoms with Gasteiger partial charge in [0.25, 0.3) is 0 Å². The van der Waals surface area contributed by atoms with Gasteiger partial charge in [-0.15, -0.1) is 0 Å². The first kappa shape index (κ1) is 72.9. The van der Waals surface area contributed by atoms with E-state index in [4.69, 9.17) is 14.2 Å². The predicted molar refractivity (Wildman–Crippen MR) is 324 cm³/mol. The van der Waals surface area contributed by atoms with Gasteiger partial charge in [0.15, 0.2) is 12.4 Å². The zero-order valence-corrected chi connectivity index (χ0v) is 49.8. The van der Waals surface area contributed by atoms with E-state index in [1.807, 2.05) is 6.08 Å². The third kappa shape index (κ3) is 41.8. The number of amides is 1. The Balaban J connectivity index is 2.61. The number of aliphatic hydroxyl groups is 5. The summed E-state index contributed by atoms with van der Waals surface area (Å²) < 4.78 is 17.6. The first-order valence-corrected chi connectivity index (χ1v) is 31.9. The number of rotatable bonds is 53. The number of hydrogen-bond donors (Lipinski definition) is 6. The Morgan fingerprint density at radius 3 is 1.38 bits per heavy atom. The van der Waals surface area contributed by atoms with Crippen molar-refractivity contribution in [1.29, 1.82) is 0 Å². The van der Waals surface area contributed by atoms with Crippen LogP contribution in [-0.2, 0) is 23.8 Å². The number of carbonyl (C=O) groups excluding carboxylic acids is 2. The minimum absolute atomic E-state index is 0.122. The minimum atomic E-state index is -1.61. The summed E-state index contributed by atoms with van der Waals surface area (Å²) in [6.45, 7) is 5.65. The van der Waals surface area contributed by atoms with E-state index >= 15 is 0 Å². The molecule has 0 bridgehead atoms. The number of aliphatic hydroxyl groups excluding tert-OH is 5. The summed E-state index contributed by atoms with van der Waals surface area (Å²) in [6, 6.07) is -1.03. The Labute approximate surface area is 476 Å². The number of hydrogen-bond acceptors (Lipinski definition) is 10. The first-order chi connectivity index (χ1) is 38.2.